The monoisotopic (exact) mass is 219 g/mol. The quantitative estimate of drug-likeness (QED) is 0.728. The van der Waals surface area contributed by atoms with E-state index in [0.717, 1.165) is 0 Å². The zero-order valence-corrected chi connectivity index (χ0v) is 8.47. The number of pyridine rings is 1. The van der Waals surface area contributed by atoms with Crippen LogP contribution in [0.15, 0.2) is 29.6 Å². The van der Waals surface area contributed by atoms with E-state index < -0.39 is 5.91 Å². The van der Waals surface area contributed by atoms with Crippen LogP contribution in [-0.2, 0) is 7.05 Å². The number of rotatable bonds is 2. The van der Waals surface area contributed by atoms with Gasteiger partial charge in [0.15, 0.2) is 5.43 Å². The lowest BCUT2D eigenvalue weighted by Gasteiger charge is -2.02. The van der Waals surface area contributed by atoms with Crippen molar-refractivity contribution in [2.75, 3.05) is 5.32 Å². The van der Waals surface area contributed by atoms with Crippen molar-refractivity contribution in [3.63, 3.8) is 0 Å². The third-order valence-electron chi connectivity index (χ3n) is 2.01. The summed E-state index contributed by atoms with van der Waals surface area (Å²) in [5, 5.41) is 6.27. The highest BCUT2D eigenvalue weighted by Crippen LogP contribution is 2.00. The maximum Gasteiger partial charge on any atom is 0.263 e. The van der Waals surface area contributed by atoms with E-state index in [2.05, 4.69) is 20.4 Å². The summed E-state index contributed by atoms with van der Waals surface area (Å²) in [5.74, 6) is -0.230. The molecule has 0 saturated heterocycles. The normalized spacial score (nSPS) is 10.1. The number of nitrogens with one attached hydrogen (secondary N) is 2. The zero-order chi connectivity index (χ0) is 11.5. The van der Waals surface area contributed by atoms with Gasteiger partial charge >= 0.3 is 0 Å². The molecule has 0 aliphatic carbocycles. The number of amides is 1. The van der Waals surface area contributed by atoms with Gasteiger partial charge in [0, 0.05) is 25.5 Å². The van der Waals surface area contributed by atoms with Gasteiger partial charge < -0.3 is 4.98 Å². The Morgan fingerprint density at radius 2 is 2.38 bits per heavy atom. The van der Waals surface area contributed by atoms with Gasteiger partial charge in [-0.25, -0.2) is 4.68 Å². The predicted molar refractivity (Wildman–Crippen MR) is 56.0 cm³/mol. The largest absolute Gasteiger partial charge is 0.367 e. The fraction of sp³-hybridized carbons (Fsp3) is 0.111. The van der Waals surface area contributed by atoms with E-state index in [0.29, 0.717) is 0 Å². The standard InChI is InChI=1S/C9H9N5O2/c1-14-9(11-5-12-14)13-8(16)6-4-10-3-2-7(6)15/h2-5H,1H3,(H,10,15)(H,11,12,13,16). The number of aromatic nitrogens is 4. The number of carbonyl (C=O) groups is 1. The third kappa shape index (κ3) is 1.83. The average Bonchev–Trinajstić information content (AvgIpc) is 2.65. The third-order valence-corrected chi connectivity index (χ3v) is 2.01. The summed E-state index contributed by atoms with van der Waals surface area (Å²) in [5.41, 5.74) is -0.316. The minimum atomic E-state index is -0.516. The van der Waals surface area contributed by atoms with Crippen LogP contribution in [0.2, 0.25) is 0 Å². The molecule has 0 unspecified atom stereocenters. The fourth-order valence-corrected chi connectivity index (χ4v) is 1.17. The van der Waals surface area contributed by atoms with Crippen molar-refractivity contribution in [2.45, 2.75) is 0 Å². The Hall–Kier alpha value is -2.44. The van der Waals surface area contributed by atoms with E-state index in [-0.39, 0.29) is 16.9 Å². The van der Waals surface area contributed by atoms with Gasteiger partial charge in [-0.2, -0.15) is 10.1 Å². The van der Waals surface area contributed by atoms with Gasteiger partial charge in [0.25, 0.3) is 5.91 Å². The molecule has 2 aromatic heterocycles. The number of aromatic amines is 1. The number of H-pyrrole nitrogens is 1. The minimum absolute atomic E-state index is 0.0329. The van der Waals surface area contributed by atoms with Gasteiger partial charge in [0.1, 0.15) is 11.9 Å². The average molecular weight is 219 g/mol. The molecule has 7 heteroatoms. The van der Waals surface area contributed by atoms with E-state index >= 15 is 0 Å². The van der Waals surface area contributed by atoms with E-state index in [1.807, 2.05) is 0 Å². The maximum absolute atomic E-state index is 11.7. The number of carbonyl (C=O) groups excluding carboxylic acids is 1. The van der Waals surface area contributed by atoms with Crippen molar-refractivity contribution in [3.05, 3.63) is 40.6 Å². The Morgan fingerprint density at radius 1 is 1.56 bits per heavy atom. The molecule has 0 bridgehead atoms. The smallest absolute Gasteiger partial charge is 0.263 e. The summed E-state index contributed by atoms with van der Waals surface area (Å²) < 4.78 is 1.40. The second kappa shape index (κ2) is 3.97. The Bertz CT molecular complexity index is 571. The summed E-state index contributed by atoms with van der Waals surface area (Å²) >= 11 is 0. The second-order valence-corrected chi connectivity index (χ2v) is 3.08. The molecule has 1 amide bonds. The first-order chi connectivity index (χ1) is 7.68. The number of nitrogens with zero attached hydrogens (tertiary/aromatic N) is 3. The first kappa shape index (κ1) is 10.1. The molecule has 2 heterocycles. The molecule has 0 saturated carbocycles. The molecule has 16 heavy (non-hydrogen) atoms. The van der Waals surface area contributed by atoms with E-state index in [4.69, 9.17) is 0 Å². The van der Waals surface area contributed by atoms with Gasteiger partial charge in [0.2, 0.25) is 5.95 Å². The van der Waals surface area contributed by atoms with Crippen molar-refractivity contribution in [2.24, 2.45) is 7.05 Å². The number of aryl methyl sites for hydroxylation is 1. The summed E-state index contributed by atoms with van der Waals surface area (Å²) in [6, 6.07) is 1.28. The topological polar surface area (TPSA) is 92.7 Å². The highest BCUT2D eigenvalue weighted by molar-refractivity contribution is 6.02. The van der Waals surface area contributed by atoms with E-state index in [9.17, 15) is 9.59 Å². The van der Waals surface area contributed by atoms with Gasteiger partial charge in [-0.05, 0) is 0 Å². The summed E-state index contributed by atoms with van der Waals surface area (Å²) in [7, 11) is 1.64. The minimum Gasteiger partial charge on any atom is -0.367 e. The molecule has 82 valence electrons. The highest BCUT2D eigenvalue weighted by atomic mass is 16.2. The molecule has 7 nitrogen and oxygen atoms in total. The van der Waals surface area contributed by atoms with Crippen molar-refractivity contribution in [1.82, 2.24) is 19.7 Å². The van der Waals surface area contributed by atoms with Crippen LogP contribution in [0.1, 0.15) is 10.4 Å². The highest BCUT2D eigenvalue weighted by Gasteiger charge is 2.11. The Balaban J connectivity index is 2.25. The lowest BCUT2D eigenvalue weighted by atomic mass is 10.2. The van der Waals surface area contributed by atoms with Gasteiger partial charge in [-0.1, -0.05) is 0 Å². The van der Waals surface area contributed by atoms with Crippen LogP contribution >= 0.6 is 0 Å². The Kier molecular flexibility index (Phi) is 2.50. The summed E-state index contributed by atoms with van der Waals surface area (Å²) in [6.45, 7) is 0. The van der Waals surface area contributed by atoms with Crippen molar-refractivity contribution >= 4 is 11.9 Å². The van der Waals surface area contributed by atoms with Crippen LogP contribution in [0.3, 0.4) is 0 Å². The van der Waals surface area contributed by atoms with Gasteiger partial charge in [-0.15, -0.1) is 0 Å². The molecule has 2 aromatic rings. The summed E-state index contributed by atoms with van der Waals surface area (Å²) in [6.07, 6.45) is 4.11. The molecular weight excluding hydrogens is 210 g/mol. The van der Waals surface area contributed by atoms with Crippen LogP contribution in [0, 0.1) is 0 Å². The van der Waals surface area contributed by atoms with Crippen LogP contribution in [0.4, 0.5) is 5.95 Å². The fourth-order valence-electron chi connectivity index (χ4n) is 1.17. The SMILES string of the molecule is Cn1ncnc1NC(=O)c1c[nH]ccc1=O. The first-order valence-electron chi connectivity index (χ1n) is 4.51. The molecule has 0 radical (unpaired) electrons. The molecular formula is C9H9N5O2. The van der Waals surface area contributed by atoms with Crippen molar-refractivity contribution in [1.29, 1.82) is 0 Å². The first-order valence-corrected chi connectivity index (χ1v) is 4.51. The molecule has 0 aliphatic rings. The molecule has 0 fully saturated rings. The lowest BCUT2D eigenvalue weighted by Crippen LogP contribution is -2.22. The van der Waals surface area contributed by atoms with Crippen LogP contribution in [0.5, 0.6) is 0 Å². The Morgan fingerprint density at radius 3 is 3.00 bits per heavy atom. The second-order valence-electron chi connectivity index (χ2n) is 3.08. The zero-order valence-electron chi connectivity index (χ0n) is 8.47. The van der Waals surface area contributed by atoms with Crippen molar-refractivity contribution in [3.8, 4) is 0 Å². The van der Waals surface area contributed by atoms with E-state index in [1.165, 1.54) is 29.5 Å². The van der Waals surface area contributed by atoms with Crippen LogP contribution < -0.4 is 10.7 Å². The van der Waals surface area contributed by atoms with Crippen molar-refractivity contribution < 1.29 is 4.79 Å². The van der Waals surface area contributed by atoms with Gasteiger partial charge in [-0.3, -0.25) is 14.9 Å². The van der Waals surface area contributed by atoms with Crippen LogP contribution in [0.25, 0.3) is 0 Å². The molecule has 0 aromatic carbocycles. The number of hydrogen-bond donors (Lipinski definition) is 2. The molecule has 0 atom stereocenters. The van der Waals surface area contributed by atoms with E-state index in [1.54, 1.807) is 7.05 Å². The molecule has 2 rings (SSSR count). The molecule has 2 N–H and O–H groups in total. The summed E-state index contributed by atoms with van der Waals surface area (Å²) in [4.78, 5) is 29.5. The molecule has 0 aliphatic heterocycles. The van der Waals surface area contributed by atoms with Crippen LogP contribution in [-0.4, -0.2) is 25.7 Å². The number of anilines is 1. The number of hydrogen-bond acceptors (Lipinski definition) is 4. The van der Waals surface area contributed by atoms with Gasteiger partial charge in [0.05, 0.1) is 0 Å². The predicted octanol–water partition coefficient (Wildman–Crippen LogP) is -0.244. The maximum atomic E-state index is 11.7. The Labute approximate surface area is 90.1 Å². The molecule has 0 spiro atoms. The lowest BCUT2D eigenvalue weighted by molar-refractivity contribution is 0.102.